The minimum absolute atomic E-state index is 0.0322. The third-order valence-corrected chi connectivity index (χ3v) is 12.2. The molecule has 0 fully saturated rings. The number of esters is 2. The van der Waals surface area contributed by atoms with Gasteiger partial charge in [0.25, 0.3) is 0 Å². The molecule has 0 saturated carbocycles. The molecule has 1 unspecified atom stereocenters. The highest BCUT2D eigenvalue weighted by Crippen LogP contribution is 2.14. The smallest absolute Gasteiger partial charge is 0.306 e. The molecule has 0 rings (SSSR count). The Morgan fingerprint density at radius 3 is 1.06 bits per heavy atom. The average Bonchev–Trinajstić information content (AvgIpc) is 3.38. The van der Waals surface area contributed by atoms with Gasteiger partial charge in [-0.2, -0.15) is 0 Å². The van der Waals surface area contributed by atoms with Crippen LogP contribution in [0.5, 0.6) is 0 Å². The van der Waals surface area contributed by atoms with Gasteiger partial charge in [0.15, 0.2) is 6.10 Å². The Labute approximate surface area is 445 Å². The highest BCUT2D eigenvalue weighted by molar-refractivity contribution is 5.70. The lowest BCUT2D eigenvalue weighted by atomic mass is 10.1. The van der Waals surface area contributed by atoms with Gasteiger partial charge in [0.1, 0.15) is 6.61 Å². The van der Waals surface area contributed by atoms with Crippen LogP contribution in [0.1, 0.15) is 252 Å². The Bertz CT molecular complexity index is 1500. The van der Waals surface area contributed by atoms with Crippen LogP contribution in [0.15, 0.2) is 134 Å². The zero-order chi connectivity index (χ0) is 52.0. The van der Waals surface area contributed by atoms with Crippen LogP contribution in [-0.4, -0.2) is 37.9 Å². The second-order valence-electron chi connectivity index (χ2n) is 19.1. The van der Waals surface area contributed by atoms with Gasteiger partial charge < -0.3 is 14.2 Å². The van der Waals surface area contributed by atoms with Gasteiger partial charge in [0, 0.05) is 19.4 Å². The predicted octanol–water partition coefficient (Wildman–Crippen LogP) is 20.7. The van der Waals surface area contributed by atoms with Gasteiger partial charge in [0.2, 0.25) is 0 Å². The zero-order valence-corrected chi connectivity index (χ0v) is 46.9. The molecule has 0 aliphatic carbocycles. The van der Waals surface area contributed by atoms with E-state index in [2.05, 4.69) is 148 Å². The van der Waals surface area contributed by atoms with E-state index in [0.29, 0.717) is 25.9 Å². The second-order valence-corrected chi connectivity index (χ2v) is 19.1. The molecule has 0 bridgehead atoms. The normalized spacial score (nSPS) is 13.2. The highest BCUT2D eigenvalue weighted by Gasteiger charge is 2.17. The first kappa shape index (κ1) is 68.0. The lowest BCUT2D eigenvalue weighted by molar-refractivity contribution is -0.162. The molecule has 0 aliphatic rings. The minimum Gasteiger partial charge on any atom is -0.462 e. The van der Waals surface area contributed by atoms with Crippen LogP contribution in [0.2, 0.25) is 0 Å². The summed E-state index contributed by atoms with van der Waals surface area (Å²) in [5.74, 6) is -0.510. The molecule has 0 aliphatic heterocycles. The largest absolute Gasteiger partial charge is 0.462 e. The van der Waals surface area contributed by atoms with E-state index in [4.69, 9.17) is 14.2 Å². The van der Waals surface area contributed by atoms with Crippen LogP contribution in [0.4, 0.5) is 0 Å². The fourth-order valence-corrected chi connectivity index (χ4v) is 7.82. The van der Waals surface area contributed by atoms with E-state index in [-0.39, 0.29) is 25.2 Å². The number of carbonyl (C=O) groups is 2. The standard InChI is InChI=1S/C67H110O5/c1-4-7-10-13-16-19-22-25-28-31-33-35-38-41-44-47-50-53-56-59-62-70-63-65(72-67(69)61-58-55-52-49-46-43-40-36-30-27-24-21-18-15-12-9-6-3)64-71-66(68)60-57-54-51-48-45-42-39-37-34-32-29-26-23-20-17-14-11-8-5-2/h8-9,11-12,16-21,25-30,34,37,42,45,51,54,65H,4-7,10,13-15,22-24,31-33,35-36,38-41,43-44,46-50,52-53,55-64H2,1-3H3/b11-8-,12-9-,19-16-,20-17-,21-18-,28-25-,29-26-,30-27-,37-34-,45-42-,54-51-. The molecule has 0 aromatic carbocycles. The van der Waals surface area contributed by atoms with Crippen LogP contribution in [-0.2, 0) is 23.8 Å². The Kier molecular flexibility index (Phi) is 58.0. The molecule has 408 valence electrons. The summed E-state index contributed by atoms with van der Waals surface area (Å²) in [6.45, 7) is 7.48. The second kappa shape index (κ2) is 61.3. The lowest BCUT2D eigenvalue weighted by Gasteiger charge is -2.18. The Morgan fingerprint density at radius 1 is 0.319 bits per heavy atom. The third-order valence-electron chi connectivity index (χ3n) is 12.2. The van der Waals surface area contributed by atoms with Crippen LogP contribution < -0.4 is 0 Å². The Hall–Kier alpha value is -3.96. The van der Waals surface area contributed by atoms with Crippen molar-refractivity contribution in [3.05, 3.63) is 134 Å². The van der Waals surface area contributed by atoms with Crippen LogP contribution in [0, 0.1) is 0 Å². The summed E-state index contributed by atoms with van der Waals surface area (Å²) in [5, 5.41) is 0. The quantitative estimate of drug-likeness (QED) is 0.0345. The van der Waals surface area contributed by atoms with E-state index in [9.17, 15) is 9.59 Å². The molecule has 1 atom stereocenters. The summed E-state index contributed by atoms with van der Waals surface area (Å²) < 4.78 is 17.4. The molecule has 0 aromatic rings. The fourth-order valence-electron chi connectivity index (χ4n) is 7.82. The number of hydrogen-bond donors (Lipinski definition) is 0. The van der Waals surface area contributed by atoms with Crippen molar-refractivity contribution in [1.29, 1.82) is 0 Å². The molecule has 0 aromatic heterocycles. The molecule has 0 saturated heterocycles. The van der Waals surface area contributed by atoms with Crippen molar-refractivity contribution in [1.82, 2.24) is 0 Å². The van der Waals surface area contributed by atoms with E-state index < -0.39 is 6.10 Å². The number of rotatable bonds is 53. The van der Waals surface area contributed by atoms with E-state index in [1.165, 1.54) is 109 Å². The van der Waals surface area contributed by atoms with Gasteiger partial charge >= 0.3 is 11.9 Å². The molecule has 72 heavy (non-hydrogen) atoms. The number of unbranched alkanes of at least 4 members (excludes halogenated alkanes) is 20. The van der Waals surface area contributed by atoms with E-state index in [0.717, 1.165) is 103 Å². The predicted molar refractivity (Wildman–Crippen MR) is 315 cm³/mol. The van der Waals surface area contributed by atoms with Crippen molar-refractivity contribution < 1.29 is 23.8 Å². The molecule has 0 amide bonds. The van der Waals surface area contributed by atoms with Gasteiger partial charge in [-0.3, -0.25) is 9.59 Å². The van der Waals surface area contributed by atoms with Gasteiger partial charge in [0.05, 0.1) is 6.61 Å². The Balaban J connectivity index is 4.42. The van der Waals surface area contributed by atoms with Crippen LogP contribution >= 0.6 is 0 Å². The average molecular weight is 996 g/mol. The first-order valence-corrected chi connectivity index (χ1v) is 29.7. The highest BCUT2D eigenvalue weighted by atomic mass is 16.6. The summed E-state index contributed by atoms with van der Waals surface area (Å²) in [5.41, 5.74) is 0. The van der Waals surface area contributed by atoms with Crippen molar-refractivity contribution >= 4 is 11.9 Å². The number of hydrogen-bond acceptors (Lipinski definition) is 5. The summed E-state index contributed by atoms with van der Waals surface area (Å²) in [6, 6.07) is 0. The topological polar surface area (TPSA) is 61.8 Å². The SMILES string of the molecule is CC/C=C\C/C=C\C/C=C\C/C=C\C/C=C\C/C=C\CCC(=O)OCC(COCCCCCCCCCCCC/C=C\C/C=C\CCCCC)OC(=O)CCCCCCCCC/C=C\C/C=C\C/C=C\CC. The summed E-state index contributed by atoms with van der Waals surface area (Å²) >= 11 is 0. The number of carbonyl (C=O) groups excluding carboxylic acids is 2. The maximum absolute atomic E-state index is 12.9. The number of ether oxygens (including phenoxy) is 3. The molecule has 0 radical (unpaired) electrons. The van der Waals surface area contributed by atoms with Gasteiger partial charge in [-0.05, 0) is 122 Å². The van der Waals surface area contributed by atoms with E-state index in [1.54, 1.807) is 0 Å². The van der Waals surface area contributed by atoms with Gasteiger partial charge in [-0.15, -0.1) is 0 Å². The first-order valence-electron chi connectivity index (χ1n) is 29.7. The summed E-state index contributed by atoms with van der Waals surface area (Å²) in [6.07, 6.45) is 87.7. The molecular formula is C67H110O5. The Morgan fingerprint density at radius 2 is 0.653 bits per heavy atom. The van der Waals surface area contributed by atoms with Crippen LogP contribution in [0.25, 0.3) is 0 Å². The molecular weight excluding hydrogens is 885 g/mol. The maximum atomic E-state index is 12.9. The van der Waals surface area contributed by atoms with Gasteiger partial charge in [-0.25, -0.2) is 0 Å². The van der Waals surface area contributed by atoms with Gasteiger partial charge in [-0.1, -0.05) is 251 Å². The zero-order valence-electron chi connectivity index (χ0n) is 46.9. The van der Waals surface area contributed by atoms with Crippen molar-refractivity contribution in [3.63, 3.8) is 0 Å². The molecule has 0 heterocycles. The minimum atomic E-state index is -0.585. The van der Waals surface area contributed by atoms with Crippen molar-refractivity contribution in [2.24, 2.45) is 0 Å². The first-order chi connectivity index (χ1) is 35.6. The molecule has 0 N–H and O–H groups in total. The lowest BCUT2D eigenvalue weighted by Crippen LogP contribution is -2.30. The van der Waals surface area contributed by atoms with E-state index >= 15 is 0 Å². The van der Waals surface area contributed by atoms with Crippen molar-refractivity contribution in [2.45, 2.75) is 258 Å². The summed E-state index contributed by atoms with van der Waals surface area (Å²) in [4.78, 5) is 25.5. The molecule has 0 spiro atoms. The maximum Gasteiger partial charge on any atom is 0.306 e. The van der Waals surface area contributed by atoms with Crippen molar-refractivity contribution in [3.8, 4) is 0 Å². The molecule has 5 heteroatoms. The summed E-state index contributed by atoms with van der Waals surface area (Å²) in [7, 11) is 0. The fraction of sp³-hybridized carbons (Fsp3) is 0.642. The monoisotopic (exact) mass is 995 g/mol. The molecule has 5 nitrogen and oxygen atoms in total. The van der Waals surface area contributed by atoms with E-state index in [1.807, 2.05) is 6.08 Å². The van der Waals surface area contributed by atoms with Crippen molar-refractivity contribution in [2.75, 3.05) is 19.8 Å². The third kappa shape index (κ3) is 58.6. The number of allylic oxidation sites excluding steroid dienone is 22. The van der Waals surface area contributed by atoms with Crippen LogP contribution in [0.3, 0.4) is 0 Å².